The Labute approximate surface area is 178 Å². The minimum Gasteiger partial charge on any atom is -0.346 e. The first-order valence-electron chi connectivity index (χ1n) is 8.94. The molecule has 1 fully saturated rings. The zero-order chi connectivity index (χ0) is 20.3. The van der Waals surface area contributed by atoms with Crippen molar-refractivity contribution in [2.75, 3.05) is 44.7 Å². The molecule has 1 aromatic carbocycles. The van der Waals surface area contributed by atoms with Gasteiger partial charge in [0, 0.05) is 43.1 Å². The monoisotopic (exact) mass is 486 g/mol. The summed E-state index contributed by atoms with van der Waals surface area (Å²) in [5.74, 6) is -0.180. The Morgan fingerprint density at radius 2 is 1.93 bits per heavy atom. The molecule has 2 heterocycles. The number of halogens is 1. The molecule has 0 aliphatic carbocycles. The van der Waals surface area contributed by atoms with Gasteiger partial charge in [-0.3, -0.25) is 4.79 Å². The highest BCUT2D eigenvalue weighted by molar-refractivity contribution is 9.10. The van der Waals surface area contributed by atoms with Gasteiger partial charge < -0.3 is 9.80 Å². The summed E-state index contributed by atoms with van der Waals surface area (Å²) in [7, 11) is -2.26. The largest absolute Gasteiger partial charge is 0.346 e. The van der Waals surface area contributed by atoms with Crippen molar-refractivity contribution in [2.45, 2.75) is 18.2 Å². The van der Waals surface area contributed by atoms with E-state index in [4.69, 9.17) is 0 Å². The van der Waals surface area contributed by atoms with E-state index in [-0.39, 0.29) is 17.3 Å². The number of aromatic nitrogens is 1. The number of nitrogens with zero attached hydrogens (tertiary/aromatic N) is 4. The lowest BCUT2D eigenvalue weighted by molar-refractivity contribution is -0.131. The second-order valence-electron chi connectivity index (χ2n) is 6.71. The molecule has 1 amide bonds. The minimum atomic E-state index is -3.70. The van der Waals surface area contributed by atoms with Crippen LogP contribution in [0.5, 0.6) is 0 Å². The van der Waals surface area contributed by atoms with Crippen molar-refractivity contribution < 1.29 is 13.2 Å². The Morgan fingerprint density at radius 3 is 2.57 bits per heavy atom. The van der Waals surface area contributed by atoms with Crippen LogP contribution in [-0.4, -0.2) is 68.3 Å². The number of thiazole rings is 1. The Balaban J connectivity index is 1.61. The van der Waals surface area contributed by atoms with Crippen LogP contribution in [0.3, 0.4) is 0 Å². The zero-order valence-corrected chi connectivity index (χ0v) is 19.1. The number of anilines is 1. The molecule has 1 aliphatic rings. The zero-order valence-electron chi connectivity index (χ0n) is 15.8. The number of hydrogen-bond donors (Lipinski definition) is 0. The van der Waals surface area contributed by atoms with Crippen LogP contribution in [0.1, 0.15) is 12.1 Å². The third kappa shape index (κ3) is 4.91. The highest BCUT2D eigenvalue weighted by Crippen LogP contribution is 2.22. The van der Waals surface area contributed by atoms with Gasteiger partial charge in [-0.15, -0.1) is 11.3 Å². The lowest BCUT2D eigenvalue weighted by atomic mass is 10.4. The molecular weight excluding hydrogens is 464 g/mol. The Morgan fingerprint density at radius 1 is 1.21 bits per heavy atom. The van der Waals surface area contributed by atoms with Gasteiger partial charge in [-0.2, -0.15) is 4.31 Å². The summed E-state index contributed by atoms with van der Waals surface area (Å²) in [4.78, 5) is 21.3. The summed E-state index contributed by atoms with van der Waals surface area (Å²) in [5, 5.41) is 2.99. The van der Waals surface area contributed by atoms with Crippen LogP contribution in [0, 0.1) is 6.92 Å². The number of likely N-dealkylation sites (N-methyl/N-ethyl adjacent to an activating group) is 1. The molecule has 1 aliphatic heterocycles. The first-order valence-corrected chi connectivity index (χ1v) is 12.1. The second kappa shape index (κ2) is 8.89. The van der Waals surface area contributed by atoms with Gasteiger partial charge in [0.1, 0.15) is 0 Å². The second-order valence-corrected chi connectivity index (χ2v) is 10.5. The number of carbonyl (C=O) groups is 1. The topological polar surface area (TPSA) is 73.8 Å². The van der Waals surface area contributed by atoms with Crippen LogP contribution in [0.15, 0.2) is 39.0 Å². The maximum absolute atomic E-state index is 12.7. The van der Waals surface area contributed by atoms with E-state index < -0.39 is 10.0 Å². The number of aryl methyl sites for hydroxylation is 1. The standard InChI is InChI=1S/C18H23BrN4O3S2/c1-14-13-27-18(20-14)23-9-3-8-22(10-11-23)17(24)12-21(2)28(25,26)16-6-4-15(19)5-7-16/h4-7,13H,3,8-12H2,1-2H3. The number of amides is 1. The van der Waals surface area contributed by atoms with Gasteiger partial charge in [-0.1, -0.05) is 15.9 Å². The summed E-state index contributed by atoms with van der Waals surface area (Å²) in [6.07, 6.45) is 0.827. The molecule has 3 rings (SSSR count). The predicted octanol–water partition coefficient (Wildman–Crippen LogP) is 2.57. The fraction of sp³-hybridized carbons (Fsp3) is 0.444. The van der Waals surface area contributed by atoms with E-state index in [0.717, 1.165) is 32.6 Å². The van der Waals surface area contributed by atoms with Gasteiger partial charge >= 0.3 is 0 Å². The van der Waals surface area contributed by atoms with Gasteiger partial charge in [0.2, 0.25) is 15.9 Å². The molecule has 10 heteroatoms. The molecule has 0 atom stereocenters. The fourth-order valence-corrected chi connectivity index (χ4v) is 5.25. The average molecular weight is 487 g/mol. The third-order valence-electron chi connectivity index (χ3n) is 4.61. The Kier molecular flexibility index (Phi) is 6.74. The number of benzene rings is 1. The minimum absolute atomic E-state index is 0.172. The summed E-state index contributed by atoms with van der Waals surface area (Å²) >= 11 is 4.90. The molecule has 0 unspecified atom stereocenters. The van der Waals surface area contributed by atoms with Crippen molar-refractivity contribution in [3.63, 3.8) is 0 Å². The Bertz CT molecular complexity index is 931. The molecular formula is C18H23BrN4O3S2. The smallest absolute Gasteiger partial charge is 0.243 e. The molecule has 7 nitrogen and oxygen atoms in total. The summed E-state index contributed by atoms with van der Waals surface area (Å²) in [6.45, 7) is 4.51. The van der Waals surface area contributed by atoms with E-state index in [9.17, 15) is 13.2 Å². The lowest BCUT2D eigenvalue weighted by Gasteiger charge is -2.24. The van der Waals surface area contributed by atoms with Crippen LogP contribution < -0.4 is 4.90 Å². The molecule has 0 radical (unpaired) electrons. The molecule has 28 heavy (non-hydrogen) atoms. The summed E-state index contributed by atoms with van der Waals surface area (Å²) < 4.78 is 27.3. The van der Waals surface area contributed by atoms with Gasteiger partial charge in [-0.05, 0) is 37.6 Å². The van der Waals surface area contributed by atoms with E-state index in [1.165, 1.54) is 19.2 Å². The van der Waals surface area contributed by atoms with Crippen LogP contribution in [-0.2, 0) is 14.8 Å². The van der Waals surface area contributed by atoms with Gasteiger partial charge in [0.25, 0.3) is 0 Å². The van der Waals surface area contributed by atoms with Gasteiger partial charge in [-0.25, -0.2) is 13.4 Å². The van der Waals surface area contributed by atoms with Crippen LogP contribution in [0.2, 0.25) is 0 Å². The molecule has 1 aromatic heterocycles. The van der Waals surface area contributed by atoms with E-state index in [1.807, 2.05) is 12.3 Å². The maximum Gasteiger partial charge on any atom is 0.243 e. The van der Waals surface area contributed by atoms with Crippen molar-refractivity contribution in [2.24, 2.45) is 0 Å². The summed E-state index contributed by atoms with van der Waals surface area (Å²) in [6, 6.07) is 6.40. The molecule has 1 saturated heterocycles. The molecule has 0 bridgehead atoms. The van der Waals surface area contributed by atoms with E-state index >= 15 is 0 Å². The number of rotatable bonds is 5. The maximum atomic E-state index is 12.7. The van der Waals surface area contributed by atoms with Crippen molar-refractivity contribution in [3.8, 4) is 0 Å². The van der Waals surface area contributed by atoms with Gasteiger partial charge in [0.15, 0.2) is 5.13 Å². The van der Waals surface area contributed by atoms with Crippen LogP contribution in [0.25, 0.3) is 0 Å². The van der Waals surface area contributed by atoms with Gasteiger partial charge in [0.05, 0.1) is 17.1 Å². The average Bonchev–Trinajstić information content (AvgIpc) is 2.94. The molecule has 0 saturated carbocycles. The number of carbonyl (C=O) groups excluding carboxylic acids is 1. The first-order chi connectivity index (χ1) is 13.3. The third-order valence-corrected chi connectivity index (χ3v) is 7.97. The van der Waals surface area contributed by atoms with Crippen molar-refractivity contribution >= 4 is 48.3 Å². The molecule has 0 N–H and O–H groups in total. The number of sulfonamides is 1. The lowest BCUT2D eigenvalue weighted by Crippen LogP contribution is -2.42. The number of hydrogen-bond acceptors (Lipinski definition) is 6. The van der Waals surface area contributed by atoms with Crippen LogP contribution >= 0.6 is 27.3 Å². The first kappa shape index (κ1) is 21.2. The quantitative estimate of drug-likeness (QED) is 0.649. The predicted molar refractivity (Wildman–Crippen MR) is 114 cm³/mol. The Hall–Kier alpha value is -1.49. The van der Waals surface area contributed by atoms with Crippen molar-refractivity contribution in [3.05, 3.63) is 39.8 Å². The van der Waals surface area contributed by atoms with E-state index in [0.29, 0.717) is 19.6 Å². The van der Waals surface area contributed by atoms with E-state index in [2.05, 4.69) is 25.8 Å². The molecule has 152 valence electrons. The molecule has 0 spiro atoms. The molecule has 2 aromatic rings. The van der Waals surface area contributed by atoms with Crippen LogP contribution in [0.4, 0.5) is 5.13 Å². The highest BCUT2D eigenvalue weighted by Gasteiger charge is 2.26. The normalized spacial score (nSPS) is 15.7. The van der Waals surface area contributed by atoms with Crippen molar-refractivity contribution in [1.82, 2.24) is 14.2 Å². The van der Waals surface area contributed by atoms with Crippen molar-refractivity contribution in [1.29, 1.82) is 0 Å². The highest BCUT2D eigenvalue weighted by atomic mass is 79.9. The summed E-state index contributed by atoms with van der Waals surface area (Å²) in [5.41, 5.74) is 0.997. The fourth-order valence-electron chi connectivity index (χ4n) is 3.01. The SMILES string of the molecule is Cc1csc(N2CCCN(C(=O)CN(C)S(=O)(=O)c3ccc(Br)cc3)CC2)n1. The van der Waals surface area contributed by atoms with E-state index in [1.54, 1.807) is 28.4 Å².